The Kier molecular flexibility index (Phi) is 7.59. The third kappa shape index (κ3) is 5.87. The zero-order valence-electron chi connectivity index (χ0n) is 18.2. The van der Waals surface area contributed by atoms with Crippen LogP contribution in [0.1, 0.15) is 30.1 Å². The van der Waals surface area contributed by atoms with Gasteiger partial charge in [0.25, 0.3) is 0 Å². The number of benzene rings is 3. The Morgan fingerprint density at radius 3 is 2.10 bits per heavy atom. The van der Waals surface area contributed by atoms with Gasteiger partial charge in [0.2, 0.25) is 0 Å². The van der Waals surface area contributed by atoms with Gasteiger partial charge in [0.05, 0.1) is 13.2 Å². The number of hydrogen-bond acceptors (Lipinski definition) is 4. The first-order valence-electron chi connectivity index (χ1n) is 11.1. The minimum atomic E-state index is -0.0443. The van der Waals surface area contributed by atoms with Crippen molar-refractivity contribution in [3.8, 4) is 11.5 Å². The first-order chi connectivity index (χ1) is 15.3. The molecule has 1 aliphatic rings. The fourth-order valence-corrected chi connectivity index (χ4v) is 4.15. The highest BCUT2D eigenvalue weighted by Crippen LogP contribution is 2.30. The second kappa shape index (κ2) is 11.0. The van der Waals surface area contributed by atoms with Crippen LogP contribution in [0.25, 0.3) is 0 Å². The van der Waals surface area contributed by atoms with Gasteiger partial charge < -0.3 is 14.2 Å². The highest BCUT2D eigenvalue weighted by atomic mass is 16.5. The average molecular weight is 418 g/mol. The Bertz CT molecular complexity index is 877. The van der Waals surface area contributed by atoms with E-state index in [1.165, 1.54) is 11.1 Å². The largest absolute Gasteiger partial charge is 0.493 e. The molecule has 31 heavy (non-hydrogen) atoms. The van der Waals surface area contributed by atoms with Gasteiger partial charge >= 0.3 is 0 Å². The lowest BCUT2D eigenvalue weighted by atomic mass is 10.0. The van der Waals surface area contributed by atoms with Gasteiger partial charge in [-0.05, 0) is 42.6 Å². The van der Waals surface area contributed by atoms with E-state index in [2.05, 4.69) is 65.6 Å². The fraction of sp³-hybridized carbons (Fsp3) is 0.333. The van der Waals surface area contributed by atoms with Crippen molar-refractivity contribution in [3.05, 3.63) is 96.1 Å². The quantitative estimate of drug-likeness (QED) is 0.470. The molecule has 1 atom stereocenters. The van der Waals surface area contributed by atoms with Crippen molar-refractivity contribution < 1.29 is 14.2 Å². The molecule has 1 aliphatic heterocycles. The number of para-hydroxylation sites is 2. The Morgan fingerprint density at radius 1 is 0.839 bits per heavy atom. The lowest BCUT2D eigenvalue weighted by molar-refractivity contribution is -0.0350. The van der Waals surface area contributed by atoms with Gasteiger partial charge in [-0.15, -0.1) is 0 Å². The van der Waals surface area contributed by atoms with Gasteiger partial charge in [-0.25, -0.2) is 0 Å². The van der Waals surface area contributed by atoms with Crippen LogP contribution in [0.4, 0.5) is 0 Å². The van der Waals surface area contributed by atoms with E-state index in [0.717, 1.165) is 44.0 Å². The van der Waals surface area contributed by atoms with E-state index in [9.17, 15) is 0 Å². The van der Waals surface area contributed by atoms with E-state index in [1.807, 2.05) is 24.3 Å². The number of ether oxygens (including phenoxy) is 3. The first kappa shape index (κ1) is 21.4. The SMILES string of the molecule is COc1ccccc1OCCN1CCCC(OC(c2ccccc2)c2ccccc2)C1. The van der Waals surface area contributed by atoms with Crippen LogP contribution < -0.4 is 9.47 Å². The van der Waals surface area contributed by atoms with Crippen molar-refractivity contribution in [2.24, 2.45) is 0 Å². The smallest absolute Gasteiger partial charge is 0.161 e. The van der Waals surface area contributed by atoms with E-state index in [4.69, 9.17) is 14.2 Å². The second-order valence-electron chi connectivity index (χ2n) is 7.90. The zero-order valence-corrected chi connectivity index (χ0v) is 18.2. The van der Waals surface area contributed by atoms with E-state index in [-0.39, 0.29) is 12.2 Å². The maximum absolute atomic E-state index is 6.69. The summed E-state index contributed by atoms with van der Waals surface area (Å²) in [6.07, 6.45) is 2.37. The molecule has 0 aromatic heterocycles. The molecule has 0 bridgehead atoms. The van der Waals surface area contributed by atoms with E-state index >= 15 is 0 Å². The molecule has 1 saturated heterocycles. The second-order valence-corrected chi connectivity index (χ2v) is 7.90. The lowest BCUT2D eigenvalue weighted by Crippen LogP contribution is -2.42. The van der Waals surface area contributed by atoms with Crippen LogP contribution >= 0.6 is 0 Å². The van der Waals surface area contributed by atoms with Crippen LogP contribution in [0.2, 0.25) is 0 Å². The summed E-state index contributed by atoms with van der Waals surface area (Å²) in [5, 5.41) is 0. The summed E-state index contributed by atoms with van der Waals surface area (Å²) in [5.41, 5.74) is 2.40. The molecule has 4 heteroatoms. The summed E-state index contributed by atoms with van der Waals surface area (Å²) < 4.78 is 18.0. The van der Waals surface area contributed by atoms with Crippen LogP contribution in [0.15, 0.2) is 84.9 Å². The molecule has 4 rings (SSSR count). The molecule has 0 amide bonds. The van der Waals surface area contributed by atoms with Crippen LogP contribution in [-0.4, -0.2) is 44.4 Å². The lowest BCUT2D eigenvalue weighted by Gasteiger charge is -2.35. The van der Waals surface area contributed by atoms with Crippen molar-refractivity contribution >= 4 is 0 Å². The number of likely N-dealkylation sites (tertiary alicyclic amines) is 1. The van der Waals surface area contributed by atoms with Gasteiger partial charge in [0.1, 0.15) is 12.7 Å². The summed E-state index contributed by atoms with van der Waals surface area (Å²) >= 11 is 0. The van der Waals surface area contributed by atoms with Crippen molar-refractivity contribution in [2.75, 3.05) is 33.4 Å². The number of rotatable bonds is 9. The molecule has 1 unspecified atom stereocenters. The molecule has 0 N–H and O–H groups in total. The number of piperidine rings is 1. The monoisotopic (exact) mass is 417 g/mol. The van der Waals surface area contributed by atoms with Crippen molar-refractivity contribution in [1.82, 2.24) is 4.90 Å². The summed E-state index contributed by atoms with van der Waals surface area (Å²) in [6.45, 7) is 3.51. The van der Waals surface area contributed by atoms with E-state index in [1.54, 1.807) is 7.11 Å². The molecule has 4 nitrogen and oxygen atoms in total. The van der Waals surface area contributed by atoms with Gasteiger partial charge in [0, 0.05) is 13.1 Å². The highest BCUT2D eigenvalue weighted by Gasteiger charge is 2.25. The topological polar surface area (TPSA) is 30.9 Å². The molecule has 0 saturated carbocycles. The molecule has 0 spiro atoms. The molecule has 0 aliphatic carbocycles. The molecule has 3 aromatic rings. The number of hydrogen-bond donors (Lipinski definition) is 0. The van der Waals surface area contributed by atoms with Gasteiger partial charge in [-0.2, -0.15) is 0 Å². The Labute approximate surface area is 185 Å². The molecule has 1 fully saturated rings. The number of methoxy groups -OCH3 is 1. The Hall–Kier alpha value is -2.82. The molecular weight excluding hydrogens is 386 g/mol. The Balaban J connectivity index is 1.36. The fourth-order valence-electron chi connectivity index (χ4n) is 4.15. The van der Waals surface area contributed by atoms with Crippen LogP contribution in [-0.2, 0) is 4.74 Å². The maximum atomic E-state index is 6.69. The van der Waals surface area contributed by atoms with E-state index < -0.39 is 0 Å². The third-order valence-corrected chi connectivity index (χ3v) is 5.73. The standard InChI is InChI=1S/C27H31NO3/c1-29-25-16-8-9-17-26(25)30-20-19-28-18-10-15-24(21-28)31-27(22-11-4-2-5-12-22)23-13-6-3-7-14-23/h2-9,11-14,16-17,24,27H,10,15,18-21H2,1H3. The minimum Gasteiger partial charge on any atom is -0.493 e. The van der Waals surface area contributed by atoms with Gasteiger partial charge in [-0.1, -0.05) is 72.8 Å². The number of nitrogens with zero attached hydrogens (tertiary/aromatic N) is 1. The predicted octanol–water partition coefficient (Wildman–Crippen LogP) is 5.34. The first-order valence-corrected chi connectivity index (χ1v) is 11.1. The summed E-state index contributed by atoms with van der Waals surface area (Å²) in [4.78, 5) is 2.44. The molecule has 0 radical (unpaired) electrons. The van der Waals surface area contributed by atoms with E-state index in [0.29, 0.717) is 6.61 Å². The summed E-state index contributed by atoms with van der Waals surface area (Å²) in [7, 11) is 1.67. The van der Waals surface area contributed by atoms with Crippen LogP contribution in [0, 0.1) is 0 Å². The summed E-state index contributed by atoms with van der Waals surface area (Å²) in [6, 6.07) is 28.8. The van der Waals surface area contributed by atoms with Crippen LogP contribution in [0.5, 0.6) is 11.5 Å². The third-order valence-electron chi connectivity index (χ3n) is 5.73. The minimum absolute atomic E-state index is 0.0443. The normalized spacial score (nSPS) is 16.9. The zero-order chi connectivity index (χ0) is 21.3. The Morgan fingerprint density at radius 2 is 1.45 bits per heavy atom. The van der Waals surface area contributed by atoms with Crippen molar-refractivity contribution in [3.63, 3.8) is 0 Å². The molecule has 1 heterocycles. The molecular formula is C27H31NO3. The molecule has 162 valence electrons. The predicted molar refractivity (Wildman–Crippen MR) is 124 cm³/mol. The van der Waals surface area contributed by atoms with Crippen molar-refractivity contribution in [1.29, 1.82) is 0 Å². The molecule has 3 aromatic carbocycles. The summed E-state index contributed by atoms with van der Waals surface area (Å²) in [5.74, 6) is 1.57. The van der Waals surface area contributed by atoms with Crippen LogP contribution in [0.3, 0.4) is 0 Å². The van der Waals surface area contributed by atoms with Crippen molar-refractivity contribution in [2.45, 2.75) is 25.0 Å². The maximum Gasteiger partial charge on any atom is 0.161 e. The average Bonchev–Trinajstić information content (AvgIpc) is 2.84. The van der Waals surface area contributed by atoms with Gasteiger partial charge in [-0.3, -0.25) is 4.90 Å². The van der Waals surface area contributed by atoms with Gasteiger partial charge in [0.15, 0.2) is 11.5 Å². The highest BCUT2D eigenvalue weighted by molar-refractivity contribution is 5.39.